The number of pyridine rings is 1. The normalized spacial score (nSPS) is 16.4. The first-order chi connectivity index (χ1) is 9.67. The van der Waals surface area contributed by atoms with Crippen molar-refractivity contribution < 1.29 is 13.9 Å². The number of nitrogens with two attached hydrogens (primary N) is 1. The fourth-order valence-electron chi connectivity index (χ4n) is 2.03. The summed E-state index contributed by atoms with van der Waals surface area (Å²) in [5.74, 6) is 0.782. The zero-order valence-electron chi connectivity index (χ0n) is 10.8. The Bertz CT molecular complexity index is 686. The van der Waals surface area contributed by atoms with Gasteiger partial charge in [0.15, 0.2) is 6.10 Å². The minimum Gasteiger partial charge on any atom is -0.497 e. The van der Waals surface area contributed by atoms with Crippen LogP contribution in [0.25, 0.3) is 6.08 Å². The van der Waals surface area contributed by atoms with E-state index < -0.39 is 12.1 Å². The number of ether oxygens (including phenoxy) is 2. The largest absolute Gasteiger partial charge is 0.497 e. The van der Waals surface area contributed by atoms with Crippen molar-refractivity contribution in [2.45, 2.75) is 6.10 Å². The van der Waals surface area contributed by atoms with Gasteiger partial charge in [-0.15, -0.1) is 0 Å². The molecule has 1 aliphatic rings. The summed E-state index contributed by atoms with van der Waals surface area (Å²) in [5.41, 5.74) is 6.84. The average molecular weight is 272 g/mol. The summed E-state index contributed by atoms with van der Waals surface area (Å²) in [4.78, 5) is 3.81. The standard InChI is InChI=1S/C15H13FN2O2/c1-19-10-3-7-13-9(8-10)2-6-14(20-13)12-5-4-11(17)15(16)18-12/h2-8,14H,17H2,1H3. The van der Waals surface area contributed by atoms with E-state index in [0.29, 0.717) is 11.4 Å². The van der Waals surface area contributed by atoms with Crippen LogP contribution in [0.3, 0.4) is 0 Å². The highest BCUT2D eigenvalue weighted by molar-refractivity contribution is 5.62. The molecule has 2 heterocycles. The number of aromatic nitrogens is 1. The Labute approximate surface area is 115 Å². The Morgan fingerprint density at radius 2 is 2.15 bits per heavy atom. The van der Waals surface area contributed by atoms with Crippen molar-refractivity contribution in [1.29, 1.82) is 0 Å². The molecule has 0 radical (unpaired) electrons. The fraction of sp³-hybridized carbons (Fsp3) is 0.133. The van der Waals surface area contributed by atoms with E-state index in [0.717, 1.165) is 11.3 Å². The zero-order valence-corrected chi connectivity index (χ0v) is 10.8. The molecule has 2 N–H and O–H groups in total. The van der Waals surface area contributed by atoms with Gasteiger partial charge in [0.2, 0.25) is 5.95 Å². The highest BCUT2D eigenvalue weighted by Gasteiger charge is 2.19. The minimum atomic E-state index is -0.681. The molecule has 0 bridgehead atoms. The first-order valence-corrected chi connectivity index (χ1v) is 6.12. The van der Waals surface area contributed by atoms with E-state index in [-0.39, 0.29) is 5.69 Å². The predicted octanol–water partition coefficient (Wildman–Crippen LogP) is 2.96. The molecule has 3 rings (SSSR count). The molecule has 1 unspecified atom stereocenters. The van der Waals surface area contributed by atoms with E-state index in [1.54, 1.807) is 13.2 Å². The van der Waals surface area contributed by atoms with Crippen LogP contribution in [0.15, 0.2) is 36.4 Å². The SMILES string of the molecule is COc1ccc2c(c1)C=CC(c1ccc(N)c(F)n1)O2. The molecular formula is C15H13FN2O2. The van der Waals surface area contributed by atoms with Gasteiger partial charge in [0.05, 0.1) is 18.5 Å². The van der Waals surface area contributed by atoms with Crippen LogP contribution in [0, 0.1) is 5.95 Å². The lowest BCUT2D eigenvalue weighted by Crippen LogP contribution is -2.11. The van der Waals surface area contributed by atoms with Crippen LogP contribution in [0.2, 0.25) is 0 Å². The van der Waals surface area contributed by atoms with Crippen molar-refractivity contribution in [3.05, 3.63) is 53.6 Å². The van der Waals surface area contributed by atoms with Gasteiger partial charge in [0, 0.05) is 5.56 Å². The first-order valence-electron chi connectivity index (χ1n) is 6.12. The van der Waals surface area contributed by atoms with Crippen molar-refractivity contribution in [2.75, 3.05) is 12.8 Å². The molecule has 1 atom stereocenters. The van der Waals surface area contributed by atoms with E-state index in [1.165, 1.54) is 6.07 Å². The fourth-order valence-corrected chi connectivity index (χ4v) is 2.03. The van der Waals surface area contributed by atoms with Crippen molar-refractivity contribution in [2.24, 2.45) is 0 Å². The molecule has 20 heavy (non-hydrogen) atoms. The Kier molecular flexibility index (Phi) is 3.02. The molecule has 1 aromatic carbocycles. The molecule has 1 aliphatic heterocycles. The number of fused-ring (bicyclic) bond motifs is 1. The second-order valence-electron chi connectivity index (χ2n) is 4.42. The van der Waals surface area contributed by atoms with Crippen LogP contribution in [0.1, 0.15) is 17.4 Å². The number of nitrogens with zero attached hydrogens (tertiary/aromatic N) is 1. The van der Waals surface area contributed by atoms with E-state index in [4.69, 9.17) is 15.2 Å². The maximum atomic E-state index is 13.4. The maximum absolute atomic E-state index is 13.4. The quantitative estimate of drug-likeness (QED) is 0.854. The number of halogens is 1. The van der Waals surface area contributed by atoms with Gasteiger partial charge in [-0.05, 0) is 36.4 Å². The summed E-state index contributed by atoms with van der Waals surface area (Å²) in [6.45, 7) is 0. The molecule has 0 spiro atoms. The lowest BCUT2D eigenvalue weighted by Gasteiger charge is -2.21. The number of anilines is 1. The van der Waals surface area contributed by atoms with Crippen LogP contribution in [0.5, 0.6) is 11.5 Å². The number of benzene rings is 1. The predicted molar refractivity (Wildman–Crippen MR) is 74.0 cm³/mol. The lowest BCUT2D eigenvalue weighted by atomic mass is 10.1. The van der Waals surface area contributed by atoms with Crippen molar-refractivity contribution in [1.82, 2.24) is 4.98 Å². The van der Waals surface area contributed by atoms with Gasteiger partial charge in [0.1, 0.15) is 11.5 Å². The molecule has 1 aromatic heterocycles. The number of rotatable bonds is 2. The minimum absolute atomic E-state index is 0.0266. The van der Waals surface area contributed by atoms with Crippen LogP contribution >= 0.6 is 0 Å². The van der Waals surface area contributed by atoms with Gasteiger partial charge in [-0.1, -0.05) is 6.08 Å². The molecule has 4 nitrogen and oxygen atoms in total. The van der Waals surface area contributed by atoms with Crippen LogP contribution in [-0.4, -0.2) is 12.1 Å². The van der Waals surface area contributed by atoms with Crippen LogP contribution in [-0.2, 0) is 0 Å². The molecule has 0 saturated heterocycles. The van der Waals surface area contributed by atoms with Gasteiger partial charge in [-0.3, -0.25) is 0 Å². The smallest absolute Gasteiger partial charge is 0.236 e. The Balaban J connectivity index is 1.91. The molecule has 0 amide bonds. The summed E-state index contributed by atoms with van der Waals surface area (Å²) in [6, 6.07) is 8.64. The molecule has 102 valence electrons. The summed E-state index contributed by atoms with van der Waals surface area (Å²) >= 11 is 0. The average Bonchev–Trinajstić information content (AvgIpc) is 2.49. The van der Waals surface area contributed by atoms with Crippen LogP contribution < -0.4 is 15.2 Å². The van der Waals surface area contributed by atoms with E-state index >= 15 is 0 Å². The number of nitrogen functional groups attached to an aromatic ring is 1. The molecular weight excluding hydrogens is 259 g/mol. The Morgan fingerprint density at radius 3 is 2.90 bits per heavy atom. The van der Waals surface area contributed by atoms with Gasteiger partial charge in [-0.2, -0.15) is 4.39 Å². The van der Waals surface area contributed by atoms with Gasteiger partial charge < -0.3 is 15.2 Å². The van der Waals surface area contributed by atoms with Crippen molar-refractivity contribution in [3.8, 4) is 11.5 Å². The monoisotopic (exact) mass is 272 g/mol. The summed E-state index contributed by atoms with van der Waals surface area (Å²) in [6.07, 6.45) is 3.30. The second kappa shape index (κ2) is 4.85. The van der Waals surface area contributed by atoms with Crippen LogP contribution in [0.4, 0.5) is 10.1 Å². The number of methoxy groups -OCH3 is 1. The molecule has 0 fully saturated rings. The third-order valence-corrected chi connectivity index (χ3v) is 3.11. The Hall–Kier alpha value is -2.56. The second-order valence-corrected chi connectivity index (χ2v) is 4.42. The van der Waals surface area contributed by atoms with Crippen molar-refractivity contribution in [3.63, 3.8) is 0 Å². The van der Waals surface area contributed by atoms with Gasteiger partial charge in [0.25, 0.3) is 0 Å². The number of hydrogen-bond donors (Lipinski definition) is 1. The molecule has 0 aliphatic carbocycles. The van der Waals surface area contributed by atoms with Gasteiger partial charge >= 0.3 is 0 Å². The number of hydrogen-bond acceptors (Lipinski definition) is 4. The zero-order chi connectivity index (χ0) is 14.1. The first kappa shape index (κ1) is 12.5. The topological polar surface area (TPSA) is 57.4 Å². The Morgan fingerprint density at radius 1 is 1.30 bits per heavy atom. The van der Waals surface area contributed by atoms with E-state index in [1.807, 2.05) is 30.4 Å². The maximum Gasteiger partial charge on any atom is 0.236 e. The van der Waals surface area contributed by atoms with E-state index in [9.17, 15) is 4.39 Å². The summed E-state index contributed by atoms with van der Waals surface area (Å²) in [5, 5.41) is 0. The third kappa shape index (κ3) is 2.18. The molecule has 2 aromatic rings. The van der Waals surface area contributed by atoms with Crippen molar-refractivity contribution >= 4 is 11.8 Å². The van der Waals surface area contributed by atoms with Gasteiger partial charge in [-0.25, -0.2) is 4.98 Å². The molecule has 0 saturated carbocycles. The lowest BCUT2D eigenvalue weighted by molar-refractivity contribution is 0.245. The third-order valence-electron chi connectivity index (χ3n) is 3.11. The molecule has 5 heteroatoms. The summed E-state index contributed by atoms with van der Waals surface area (Å²) in [7, 11) is 1.61. The summed E-state index contributed by atoms with van der Waals surface area (Å²) < 4.78 is 24.4. The highest BCUT2D eigenvalue weighted by atomic mass is 19.1. The van der Waals surface area contributed by atoms with E-state index in [2.05, 4.69) is 4.98 Å². The highest BCUT2D eigenvalue weighted by Crippen LogP contribution is 2.34.